The summed E-state index contributed by atoms with van der Waals surface area (Å²) in [4.78, 5) is 39.5. The third-order valence-corrected chi connectivity index (χ3v) is 13.7. The van der Waals surface area contributed by atoms with Gasteiger partial charge in [0.05, 0.1) is 30.7 Å². The van der Waals surface area contributed by atoms with Crippen LogP contribution in [0.15, 0.2) is 182 Å². The van der Waals surface area contributed by atoms with Crippen LogP contribution in [0.3, 0.4) is 0 Å². The van der Waals surface area contributed by atoms with Crippen molar-refractivity contribution in [2.75, 3.05) is 7.15 Å². The summed E-state index contributed by atoms with van der Waals surface area (Å²) in [6, 6.07) is 43.1. The van der Waals surface area contributed by atoms with Crippen LogP contribution in [0.1, 0.15) is 105 Å². The molecule has 8 aromatic rings. The van der Waals surface area contributed by atoms with E-state index >= 15 is 4.39 Å². The lowest BCUT2D eigenvalue weighted by Crippen LogP contribution is -2.49. The second kappa shape index (κ2) is 30.8. The number of benzene rings is 8. The predicted molar refractivity (Wildman–Crippen MR) is 326 cm³/mol. The molecule has 8 rings (SSSR count). The quantitative estimate of drug-likeness (QED) is 0.0604. The van der Waals surface area contributed by atoms with Gasteiger partial charge in [0.2, 0.25) is 9.23 Å². The molecule has 24 heteroatoms. The number of alkyl halides is 7. The summed E-state index contributed by atoms with van der Waals surface area (Å²) >= 11 is 0. The fourth-order valence-corrected chi connectivity index (χ4v) is 9.41. The fraction of sp³-hybridized carbons (Fsp3) is 0.224. The Morgan fingerprint density at radius 2 is 0.901 bits per heavy atom. The zero-order valence-corrected chi connectivity index (χ0v) is 51.6. The average Bonchev–Trinajstić information content (AvgIpc) is 0.774. The molecule has 0 bridgehead atoms. The van der Waals surface area contributed by atoms with Crippen molar-refractivity contribution in [1.82, 2.24) is 10.6 Å². The first kappa shape index (κ1) is 71.3. The number of nitrogens with two attached hydrogens (primary N) is 1. The van der Waals surface area contributed by atoms with Gasteiger partial charge in [-0.2, -0.15) is 31.6 Å². The Balaban J connectivity index is 0.000000303. The smallest absolute Gasteiger partial charge is 0.416 e. The highest BCUT2D eigenvalue weighted by molar-refractivity contribution is 8.26. The van der Waals surface area contributed by atoms with Crippen molar-refractivity contribution in [3.63, 3.8) is 0 Å². The fourth-order valence-electron chi connectivity index (χ4n) is 9.41. The number of nitrogens with zero attached hydrogens (tertiary/aromatic N) is 1. The lowest BCUT2D eigenvalue weighted by Gasteiger charge is -2.37. The zero-order valence-electron chi connectivity index (χ0n) is 50.2. The molecule has 8 aromatic carbocycles. The second-order valence-corrected chi connectivity index (χ2v) is 23.9. The minimum Gasteiger partial charge on any atom is -0.475 e. The molecule has 4 N–H and O–H groups in total. The van der Waals surface area contributed by atoms with Gasteiger partial charge in [0.15, 0.2) is 34.3 Å². The maximum Gasteiger partial charge on any atom is 0.416 e. The van der Waals surface area contributed by atoms with E-state index in [0.29, 0.717) is 28.3 Å². The van der Waals surface area contributed by atoms with Gasteiger partial charge in [0.1, 0.15) is 17.7 Å². The van der Waals surface area contributed by atoms with Crippen molar-refractivity contribution in [2.45, 2.75) is 89.0 Å². The molecule has 10 nitrogen and oxygen atoms in total. The first-order chi connectivity index (χ1) is 43.0. The first-order valence-corrected chi connectivity index (χ1v) is 29.7. The van der Waals surface area contributed by atoms with E-state index in [4.69, 9.17) is 20.8 Å². The molecular formula is C67H59Cl2F11N4O6S. The molecule has 0 spiro atoms. The number of nitrogens with one attached hydrogen (secondary N) is 2. The summed E-state index contributed by atoms with van der Waals surface area (Å²) in [5.41, 5.74) is -0.199. The number of primary amides is 1. The number of ether oxygens (including phenoxy) is 2. The van der Waals surface area contributed by atoms with Crippen LogP contribution in [-0.2, 0) is 50.3 Å². The molecule has 91 heavy (non-hydrogen) atoms. The summed E-state index contributed by atoms with van der Waals surface area (Å²) in [5, 5.41) is 15.2. The second-order valence-electron chi connectivity index (χ2n) is 21.4. The predicted octanol–water partition coefficient (Wildman–Crippen LogP) is 16.4. The van der Waals surface area contributed by atoms with Gasteiger partial charge in [-0.1, -0.05) is 97.1 Å². The van der Waals surface area contributed by atoms with Gasteiger partial charge in [-0.3, -0.25) is 18.8 Å². The van der Waals surface area contributed by atoms with E-state index in [1.54, 1.807) is 86.6 Å². The molecule has 480 valence electrons. The minimum atomic E-state index is -4.70. The van der Waals surface area contributed by atoms with E-state index in [1.165, 1.54) is 88.4 Å². The molecule has 0 radical (unpaired) electrons. The van der Waals surface area contributed by atoms with Crippen molar-refractivity contribution in [3.8, 4) is 17.6 Å². The maximum absolute atomic E-state index is 15.1. The molecular weight excluding hydrogens is 1270 g/mol. The Hall–Kier alpha value is -8.78. The van der Waals surface area contributed by atoms with Crippen LogP contribution in [0, 0.1) is 48.4 Å². The third kappa shape index (κ3) is 19.9. The summed E-state index contributed by atoms with van der Waals surface area (Å²) in [6.45, 7) is 8.89. The van der Waals surface area contributed by atoms with Gasteiger partial charge in [0, 0.05) is 45.3 Å². The number of hydrogen-bond acceptors (Lipinski definition) is 7. The number of rotatable bonds is 17. The minimum absolute atomic E-state index is 0.00809. The van der Waals surface area contributed by atoms with Gasteiger partial charge in [0.25, 0.3) is 17.7 Å². The van der Waals surface area contributed by atoms with Gasteiger partial charge < -0.3 is 25.8 Å². The van der Waals surface area contributed by atoms with Crippen LogP contribution >= 0.6 is 21.4 Å². The van der Waals surface area contributed by atoms with Crippen LogP contribution in [0.4, 0.5) is 48.3 Å². The Bertz CT molecular complexity index is 3910. The molecule has 0 aliphatic carbocycles. The zero-order chi connectivity index (χ0) is 68.6. The van der Waals surface area contributed by atoms with Crippen LogP contribution in [0.2, 0.25) is 0 Å². The molecule has 0 aromatic heterocycles. The maximum atomic E-state index is 15.1. The summed E-state index contributed by atoms with van der Waals surface area (Å²) in [5.74, 6) is -6.17. The highest BCUT2D eigenvalue weighted by Crippen LogP contribution is 2.41. The number of nitriles is 1. The Labute approximate surface area is 531 Å². The molecule has 0 saturated heterocycles. The van der Waals surface area contributed by atoms with Crippen molar-refractivity contribution in [2.24, 2.45) is 5.73 Å². The Morgan fingerprint density at radius 3 is 1.23 bits per heavy atom. The van der Waals surface area contributed by atoms with Crippen molar-refractivity contribution >= 4 is 48.3 Å². The number of aryl methyl sites for hydroxylation is 2. The summed E-state index contributed by atoms with van der Waals surface area (Å²) in [6.07, 6.45) is -9.40. The first-order valence-electron chi connectivity index (χ1n) is 27.6. The highest BCUT2D eigenvalue weighted by atomic mass is 36.0. The average molecular weight is 1330 g/mol. The van der Waals surface area contributed by atoms with Gasteiger partial charge in [-0.15, -0.1) is 0 Å². The SMILES string of the molecule is Cc1cc(F)cc([C@](Cc2ccccc2)(NC(=O)c2cccc(C(F)(F)F)c2)c2ccc(F)c(OC(C)(C)C#N)c2)c1.Cc1cc(F)cc([C@](Cc2ccccc2)(NC(=O)c2cccc(C(F)(F)F)c2)c2ccc(F)c(OC(C)(C)C(N)=O)c2)c1.O=S(Cl)Cl.[2H]CF. The molecule has 3 amide bonds. The number of amides is 3. The van der Waals surface area contributed by atoms with Crippen LogP contribution in [0.25, 0.3) is 0 Å². The Kier molecular flexibility index (Phi) is 24.1. The summed E-state index contributed by atoms with van der Waals surface area (Å²) < 4.78 is 177. The van der Waals surface area contributed by atoms with Gasteiger partial charge in [-0.05, 0) is 171 Å². The van der Waals surface area contributed by atoms with E-state index < -0.39 is 103 Å². The third-order valence-electron chi connectivity index (χ3n) is 13.7. The lowest BCUT2D eigenvalue weighted by atomic mass is 9.77. The van der Waals surface area contributed by atoms with Crippen molar-refractivity contribution in [3.05, 3.63) is 272 Å². The van der Waals surface area contributed by atoms with E-state index in [0.717, 1.165) is 42.5 Å². The Morgan fingerprint density at radius 1 is 0.538 bits per heavy atom. The number of carbonyl (C=O) groups excluding carboxylic acids is 3. The normalized spacial score (nSPS) is 12.9. The largest absolute Gasteiger partial charge is 0.475 e. The standard InChI is InChI=1S/C33H29F5N2O3.C33H27F5N2O2.CH3F.Cl2OS/c1-20-14-25(17-26(34)15-20)32(19-21-8-5-4-6-9-21,40-29(41)22-10-7-11-24(16-22)33(36,37)38)23-12-13-27(35)28(18-23)43-31(2,3)30(39)42;1-21-14-26(17-27(34)15-21)32(19-22-8-5-4-6-9-22,24-12-13-28(35)29(18-24)42-31(2,3)20-39)40-30(41)23-10-7-11-25(16-23)33(36,37)38;1-2;1-4(2)3/h4-18H,19H2,1-3H3,(H2,39,42)(H,40,41);4-18H,19H2,1-3H3,(H,40,41);1H3;/t2*32-;;/m11../s1/i;;1D;. The van der Waals surface area contributed by atoms with Gasteiger partial charge in [-0.25, -0.2) is 21.8 Å². The molecule has 0 aliphatic rings. The van der Waals surface area contributed by atoms with Crippen LogP contribution in [-0.4, -0.2) is 40.3 Å². The van der Waals surface area contributed by atoms with Gasteiger partial charge >= 0.3 is 12.4 Å². The molecule has 0 fully saturated rings. The topological polar surface area (TPSA) is 161 Å². The number of hydrogen-bond donors (Lipinski definition) is 3. The van der Waals surface area contributed by atoms with E-state index in [9.17, 15) is 63.5 Å². The van der Waals surface area contributed by atoms with Crippen molar-refractivity contribution in [1.29, 1.82) is 5.26 Å². The van der Waals surface area contributed by atoms with E-state index in [-0.39, 0.29) is 57.7 Å². The number of carbonyl (C=O) groups is 3. The number of halogens is 13. The molecule has 0 heterocycles. The van der Waals surface area contributed by atoms with Crippen molar-refractivity contribution < 1.29 is 77.7 Å². The van der Waals surface area contributed by atoms with Crippen LogP contribution in [0.5, 0.6) is 11.5 Å². The van der Waals surface area contributed by atoms with Crippen LogP contribution < -0.4 is 25.8 Å². The summed E-state index contributed by atoms with van der Waals surface area (Å²) in [7, 11) is 6.36. The lowest BCUT2D eigenvalue weighted by molar-refractivity contribution is -0.138. The monoisotopic (exact) mass is 1330 g/mol. The molecule has 0 unspecified atom stereocenters. The molecule has 0 saturated carbocycles. The highest BCUT2D eigenvalue weighted by Gasteiger charge is 2.42. The van der Waals surface area contributed by atoms with E-state index in [1.807, 2.05) is 6.07 Å². The van der Waals surface area contributed by atoms with E-state index in [2.05, 4.69) is 32.0 Å². The molecule has 2 atom stereocenters. The molecule has 0 aliphatic heterocycles.